The van der Waals surface area contributed by atoms with Gasteiger partial charge in [0.05, 0.1) is 20.4 Å². The first-order valence-corrected chi connectivity index (χ1v) is 8.09. The molecule has 126 valence electrons. The van der Waals surface area contributed by atoms with Gasteiger partial charge in [0.25, 0.3) is 0 Å². The van der Waals surface area contributed by atoms with Crippen LogP contribution in [0.5, 0.6) is 17.2 Å². The van der Waals surface area contributed by atoms with Crippen LogP contribution in [0.4, 0.5) is 0 Å². The molecule has 0 amide bonds. The molecule has 3 N–H and O–H groups in total. The van der Waals surface area contributed by atoms with E-state index >= 15 is 0 Å². The zero-order chi connectivity index (χ0) is 16.7. The molecule has 0 spiro atoms. The average molecular weight is 337 g/mol. The Labute approximate surface area is 141 Å². The van der Waals surface area contributed by atoms with E-state index in [4.69, 9.17) is 21.7 Å². The van der Waals surface area contributed by atoms with E-state index in [-0.39, 0.29) is 5.75 Å². The molecule has 0 bridgehead atoms. The number of nitrogens with zero attached hydrogens (tertiary/aromatic N) is 1. The number of phenols is 1. The van der Waals surface area contributed by atoms with Crippen molar-refractivity contribution in [2.75, 3.05) is 14.2 Å². The Hall–Kier alpha value is -2.02. The summed E-state index contributed by atoms with van der Waals surface area (Å²) in [7, 11) is 2.97. The Bertz CT molecular complexity index is 547. The third kappa shape index (κ3) is 4.99. The van der Waals surface area contributed by atoms with Crippen LogP contribution < -0.4 is 20.2 Å². The Morgan fingerprint density at radius 2 is 1.83 bits per heavy atom. The summed E-state index contributed by atoms with van der Waals surface area (Å²) in [5, 5.41) is 17.8. The largest absolute Gasteiger partial charge is 0.502 e. The molecule has 6 nitrogen and oxygen atoms in total. The van der Waals surface area contributed by atoms with Crippen molar-refractivity contribution in [3.8, 4) is 17.2 Å². The molecule has 0 aromatic heterocycles. The Balaban J connectivity index is 1.93. The molecule has 1 aliphatic carbocycles. The van der Waals surface area contributed by atoms with E-state index in [1.807, 2.05) is 0 Å². The summed E-state index contributed by atoms with van der Waals surface area (Å²) in [6.45, 7) is 0. The van der Waals surface area contributed by atoms with Gasteiger partial charge in [0, 0.05) is 11.6 Å². The van der Waals surface area contributed by atoms with Crippen molar-refractivity contribution >= 4 is 23.5 Å². The molecule has 23 heavy (non-hydrogen) atoms. The van der Waals surface area contributed by atoms with Crippen molar-refractivity contribution < 1.29 is 14.6 Å². The molecule has 1 aromatic carbocycles. The van der Waals surface area contributed by atoms with Gasteiger partial charge in [0.15, 0.2) is 16.6 Å². The maximum atomic E-state index is 9.87. The van der Waals surface area contributed by atoms with Gasteiger partial charge >= 0.3 is 0 Å². The highest BCUT2D eigenvalue weighted by atomic mass is 32.1. The number of hydrazone groups is 1. The van der Waals surface area contributed by atoms with Gasteiger partial charge < -0.3 is 19.9 Å². The van der Waals surface area contributed by atoms with Gasteiger partial charge in [-0.1, -0.05) is 19.3 Å². The van der Waals surface area contributed by atoms with E-state index in [9.17, 15) is 5.11 Å². The SMILES string of the molecule is COc1cc(C=NNC(=S)NC2CCCCC2)cc(OC)c1O. The van der Waals surface area contributed by atoms with Crippen LogP contribution in [0.3, 0.4) is 0 Å². The first-order chi connectivity index (χ1) is 11.1. The van der Waals surface area contributed by atoms with Crippen LogP contribution in [0, 0.1) is 0 Å². The first kappa shape index (κ1) is 17.3. The molecule has 0 heterocycles. The smallest absolute Gasteiger partial charge is 0.200 e. The third-order valence-corrected chi connectivity index (χ3v) is 4.03. The van der Waals surface area contributed by atoms with E-state index < -0.39 is 0 Å². The summed E-state index contributed by atoms with van der Waals surface area (Å²) in [4.78, 5) is 0. The Morgan fingerprint density at radius 3 is 2.39 bits per heavy atom. The summed E-state index contributed by atoms with van der Waals surface area (Å²) < 4.78 is 10.2. The van der Waals surface area contributed by atoms with Crippen LogP contribution in [-0.2, 0) is 0 Å². The highest BCUT2D eigenvalue weighted by Gasteiger charge is 2.13. The first-order valence-electron chi connectivity index (χ1n) is 7.68. The number of thiocarbonyl (C=S) groups is 1. The van der Waals surface area contributed by atoms with Crippen molar-refractivity contribution in [2.45, 2.75) is 38.1 Å². The van der Waals surface area contributed by atoms with Gasteiger partial charge in [0.1, 0.15) is 0 Å². The van der Waals surface area contributed by atoms with Crippen molar-refractivity contribution in [2.24, 2.45) is 5.10 Å². The highest BCUT2D eigenvalue weighted by molar-refractivity contribution is 7.80. The molecular weight excluding hydrogens is 314 g/mol. The van der Waals surface area contributed by atoms with Crippen LogP contribution in [0.2, 0.25) is 0 Å². The predicted molar refractivity (Wildman–Crippen MR) is 94.5 cm³/mol. The summed E-state index contributed by atoms with van der Waals surface area (Å²) in [6.07, 6.45) is 7.70. The molecule has 0 aliphatic heterocycles. The maximum Gasteiger partial charge on any atom is 0.200 e. The lowest BCUT2D eigenvalue weighted by Gasteiger charge is -2.23. The topological polar surface area (TPSA) is 75.1 Å². The standard InChI is InChI=1S/C16H23N3O3S/c1-21-13-8-11(9-14(22-2)15(13)20)10-17-19-16(23)18-12-6-4-3-5-7-12/h8-10,12,20H,3-7H2,1-2H3,(H2,18,19,23). The summed E-state index contributed by atoms with van der Waals surface area (Å²) in [5.41, 5.74) is 3.54. The molecule has 0 atom stereocenters. The molecule has 2 rings (SSSR count). The maximum absolute atomic E-state index is 9.87. The van der Waals surface area contributed by atoms with E-state index in [0.29, 0.717) is 22.7 Å². The fraction of sp³-hybridized carbons (Fsp3) is 0.500. The normalized spacial score (nSPS) is 15.4. The molecule has 1 aliphatic rings. The quantitative estimate of drug-likeness (QED) is 0.435. The Morgan fingerprint density at radius 1 is 1.22 bits per heavy atom. The molecule has 1 fully saturated rings. The van der Waals surface area contributed by atoms with Crippen LogP contribution >= 0.6 is 12.2 Å². The zero-order valence-electron chi connectivity index (χ0n) is 13.5. The lowest BCUT2D eigenvalue weighted by molar-refractivity contribution is 0.340. The van der Waals surface area contributed by atoms with E-state index in [1.54, 1.807) is 18.3 Å². The lowest BCUT2D eigenvalue weighted by atomic mass is 9.96. The van der Waals surface area contributed by atoms with Crippen molar-refractivity contribution in [3.05, 3.63) is 17.7 Å². The Kier molecular flexibility index (Phi) is 6.46. The second-order valence-corrected chi connectivity index (χ2v) is 5.86. The van der Waals surface area contributed by atoms with Crippen LogP contribution in [0.25, 0.3) is 0 Å². The molecule has 0 saturated heterocycles. The van der Waals surface area contributed by atoms with Crippen LogP contribution in [-0.4, -0.2) is 36.7 Å². The molecule has 0 unspecified atom stereocenters. The fourth-order valence-corrected chi connectivity index (χ4v) is 2.84. The second kappa shape index (κ2) is 8.57. The predicted octanol–water partition coefficient (Wildman–Crippen LogP) is 2.54. The van der Waals surface area contributed by atoms with Crippen molar-refractivity contribution in [3.63, 3.8) is 0 Å². The number of hydrogen-bond donors (Lipinski definition) is 3. The molecular formula is C16H23N3O3S. The third-order valence-electron chi connectivity index (χ3n) is 3.82. The number of rotatable bonds is 5. The molecule has 1 saturated carbocycles. The lowest BCUT2D eigenvalue weighted by Crippen LogP contribution is -2.40. The van der Waals surface area contributed by atoms with Crippen LogP contribution in [0.15, 0.2) is 17.2 Å². The summed E-state index contributed by atoms with van der Waals surface area (Å²) in [5.74, 6) is 0.622. The highest BCUT2D eigenvalue weighted by Crippen LogP contribution is 2.36. The number of phenolic OH excluding ortho intramolecular Hbond substituents is 1. The van der Waals surface area contributed by atoms with E-state index in [2.05, 4.69) is 15.8 Å². The van der Waals surface area contributed by atoms with Gasteiger partial charge in [-0.15, -0.1) is 0 Å². The van der Waals surface area contributed by atoms with Crippen molar-refractivity contribution in [1.29, 1.82) is 0 Å². The zero-order valence-corrected chi connectivity index (χ0v) is 14.3. The van der Waals surface area contributed by atoms with Crippen LogP contribution in [0.1, 0.15) is 37.7 Å². The minimum Gasteiger partial charge on any atom is -0.502 e. The van der Waals surface area contributed by atoms with Gasteiger partial charge in [-0.05, 0) is 37.2 Å². The average Bonchev–Trinajstić information content (AvgIpc) is 2.57. The number of nitrogens with one attached hydrogen (secondary N) is 2. The van der Waals surface area contributed by atoms with Crippen molar-refractivity contribution in [1.82, 2.24) is 10.7 Å². The van der Waals surface area contributed by atoms with Gasteiger partial charge in [-0.2, -0.15) is 5.10 Å². The minimum absolute atomic E-state index is 0.0328. The second-order valence-electron chi connectivity index (χ2n) is 5.45. The molecule has 0 radical (unpaired) electrons. The number of hydrogen-bond acceptors (Lipinski definition) is 5. The number of benzene rings is 1. The number of aromatic hydroxyl groups is 1. The van der Waals surface area contributed by atoms with Gasteiger partial charge in [-0.3, -0.25) is 5.43 Å². The fourth-order valence-electron chi connectivity index (χ4n) is 2.62. The minimum atomic E-state index is -0.0328. The number of methoxy groups -OCH3 is 2. The monoisotopic (exact) mass is 337 g/mol. The molecule has 7 heteroatoms. The summed E-state index contributed by atoms with van der Waals surface area (Å²) in [6, 6.07) is 3.77. The number of ether oxygens (including phenoxy) is 2. The van der Waals surface area contributed by atoms with E-state index in [0.717, 1.165) is 18.4 Å². The van der Waals surface area contributed by atoms with E-state index in [1.165, 1.54) is 33.5 Å². The molecule has 1 aromatic rings. The summed E-state index contributed by atoms with van der Waals surface area (Å²) >= 11 is 5.24. The van der Waals surface area contributed by atoms with Gasteiger partial charge in [-0.25, -0.2) is 0 Å². The van der Waals surface area contributed by atoms with Gasteiger partial charge in [0.2, 0.25) is 5.75 Å².